The molecule has 0 fully saturated rings. The number of nitrogens with two attached hydrogens (primary N) is 1. The number of hydrogen-bond acceptors (Lipinski definition) is 4. The van der Waals surface area contributed by atoms with Crippen molar-refractivity contribution in [2.75, 3.05) is 39.3 Å². The third-order valence-electron chi connectivity index (χ3n) is 2.89. The van der Waals surface area contributed by atoms with E-state index in [-0.39, 0.29) is 0 Å². The number of amidine groups is 1. The molecule has 0 atom stereocenters. The molecule has 3 N–H and O–H groups in total. The zero-order valence-corrected chi connectivity index (χ0v) is 10.8. The Kier molecular flexibility index (Phi) is 8.94. The predicted molar refractivity (Wildman–Crippen MR) is 67.9 cm³/mol. The SMILES string of the molecule is CCN(CC)CCN(CC)CCC(N)=NO. The molecular formula is C11H26N4O. The number of nitrogens with zero attached hydrogens (tertiary/aromatic N) is 3. The van der Waals surface area contributed by atoms with Gasteiger partial charge in [0, 0.05) is 26.1 Å². The quantitative estimate of drug-likeness (QED) is 0.266. The van der Waals surface area contributed by atoms with E-state index in [9.17, 15) is 0 Å². The summed E-state index contributed by atoms with van der Waals surface area (Å²) in [5.41, 5.74) is 5.45. The summed E-state index contributed by atoms with van der Waals surface area (Å²) >= 11 is 0. The highest BCUT2D eigenvalue weighted by molar-refractivity contribution is 5.79. The highest BCUT2D eigenvalue weighted by atomic mass is 16.4. The fourth-order valence-electron chi connectivity index (χ4n) is 1.57. The van der Waals surface area contributed by atoms with Crippen LogP contribution in [0.4, 0.5) is 0 Å². The molecule has 96 valence electrons. The molecule has 0 aliphatic carbocycles. The van der Waals surface area contributed by atoms with Crippen molar-refractivity contribution in [1.82, 2.24) is 9.80 Å². The van der Waals surface area contributed by atoms with Gasteiger partial charge in [0.2, 0.25) is 0 Å². The molecule has 0 aromatic heterocycles. The van der Waals surface area contributed by atoms with Crippen LogP contribution in [-0.2, 0) is 0 Å². The third-order valence-corrected chi connectivity index (χ3v) is 2.89. The first-order valence-corrected chi connectivity index (χ1v) is 6.08. The van der Waals surface area contributed by atoms with Crippen LogP contribution in [0.3, 0.4) is 0 Å². The van der Waals surface area contributed by atoms with Gasteiger partial charge in [-0.15, -0.1) is 0 Å². The summed E-state index contributed by atoms with van der Waals surface area (Å²) in [5, 5.41) is 11.4. The fraction of sp³-hybridized carbons (Fsp3) is 0.909. The molecule has 0 unspecified atom stereocenters. The van der Waals surface area contributed by atoms with Gasteiger partial charge < -0.3 is 20.7 Å². The fourth-order valence-corrected chi connectivity index (χ4v) is 1.57. The van der Waals surface area contributed by atoms with E-state index in [1.807, 2.05) is 0 Å². The Bertz CT molecular complexity index is 192. The standard InChI is InChI=1S/C11H26N4O/c1-4-14(5-2)9-10-15(6-3)8-7-11(12)13-16/h16H,4-10H2,1-3H3,(H2,12,13). The minimum Gasteiger partial charge on any atom is -0.409 e. The minimum atomic E-state index is 0.307. The highest BCUT2D eigenvalue weighted by Crippen LogP contribution is 1.94. The molecule has 0 bridgehead atoms. The first kappa shape index (κ1) is 15.2. The van der Waals surface area contributed by atoms with Gasteiger partial charge in [-0.3, -0.25) is 0 Å². The Morgan fingerprint density at radius 3 is 1.94 bits per heavy atom. The number of oxime groups is 1. The lowest BCUT2D eigenvalue weighted by Gasteiger charge is -2.24. The average molecular weight is 230 g/mol. The molecule has 0 amide bonds. The van der Waals surface area contributed by atoms with Gasteiger partial charge in [0.1, 0.15) is 5.84 Å². The van der Waals surface area contributed by atoms with Crippen molar-refractivity contribution < 1.29 is 5.21 Å². The minimum absolute atomic E-state index is 0.307. The molecular weight excluding hydrogens is 204 g/mol. The van der Waals surface area contributed by atoms with Crippen molar-refractivity contribution in [1.29, 1.82) is 0 Å². The van der Waals surface area contributed by atoms with Crippen molar-refractivity contribution in [3.63, 3.8) is 0 Å². The molecule has 0 saturated carbocycles. The molecule has 0 aliphatic heterocycles. The van der Waals surface area contributed by atoms with Gasteiger partial charge in [0.05, 0.1) is 0 Å². The normalized spacial score (nSPS) is 12.7. The highest BCUT2D eigenvalue weighted by Gasteiger charge is 2.06. The van der Waals surface area contributed by atoms with E-state index < -0.39 is 0 Å². The second-order valence-corrected chi connectivity index (χ2v) is 3.80. The van der Waals surface area contributed by atoms with Gasteiger partial charge in [-0.1, -0.05) is 25.9 Å². The summed E-state index contributed by atoms with van der Waals surface area (Å²) in [6.07, 6.45) is 0.628. The molecule has 5 heteroatoms. The smallest absolute Gasteiger partial charge is 0.140 e. The van der Waals surface area contributed by atoms with E-state index in [1.54, 1.807) is 0 Å². The molecule has 5 nitrogen and oxygen atoms in total. The van der Waals surface area contributed by atoms with E-state index in [1.165, 1.54) is 0 Å². The molecule has 0 radical (unpaired) electrons. The van der Waals surface area contributed by atoms with Gasteiger partial charge in [-0.05, 0) is 19.6 Å². The molecule has 0 heterocycles. The second-order valence-electron chi connectivity index (χ2n) is 3.80. The molecule has 0 aromatic rings. The first-order chi connectivity index (χ1) is 7.67. The first-order valence-electron chi connectivity index (χ1n) is 6.08. The van der Waals surface area contributed by atoms with E-state index >= 15 is 0 Å². The Balaban J connectivity index is 3.82. The van der Waals surface area contributed by atoms with Gasteiger partial charge in [0.15, 0.2) is 0 Å². The van der Waals surface area contributed by atoms with Gasteiger partial charge in [-0.2, -0.15) is 0 Å². The Morgan fingerprint density at radius 1 is 1.00 bits per heavy atom. The topological polar surface area (TPSA) is 65.1 Å². The zero-order valence-electron chi connectivity index (χ0n) is 10.8. The lowest BCUT2D eigenvalue weighted by Crippen LogP contribution is -2.36. The van der Waals surface area contributed by atoms with Gasteiger partial charge in [-0.25, -0.2) is 0 Å². The molecule has 0 saturated heterocycles. The maximum Gasteiger partial charge on any atom is 0.140 e. The molecule has 0 rings (SSSR count). The van der Waals surface area contributed by atoms with Gasteiger partial charge in [0.25, 0.3) is 0 Å². The van der Waals surface area contributed by atoms with Crippen LogP contribution < -0.4 is 5.73 Å². The van der Waals surface area contributed by atoms with Crippen LogP contribution in [0, 0.1) is 0 Å². The lowest BCUT2D eigenvalue weighted by molar-refractivity contribution is 0.223. The molecule has 0 aromatic carbocycles. The third kappa shape index (κ3) is 6.63. The van der Waals surface area contributed by atoms with Crippen molar-refractivity contribution in [2.45, 2.75) is 27.2 Å². The van der Waals surface area contributed by atoms with E-state index in [0.29, 0.717) is 12.3 Å². The maximum atomic E-state index is 8.45. The summed E-state index contributed by atoms with van der Waals surface area (Å²) in [5.74, 6) is 0.307. The Labute approximate surface area is 98.9 Å². The van der Waals surface area contributed by atoms with E-state index in [4.69, 9.17) is 10.9 Å². The monoisotopic (exact) mass is 230 g/mol. The summed E-state index contributed by atoms with van der Waals surface area (Å²) in [4.78, 5) is 4.71. The second kappa shape index (κ2) is 9.42. The molecule has 0 spiro atoms. The van der Waals surface area contributed by atoms with Crippen molar-refractivity contribution >= 4 is 5.84 Å². The summed E-state index contributed by atoms with van der Waals surface area (Å²) < 4.78 is 0. The van der Waals surface area contributed by atoms with Crippen molar-refractivity contribution in [2.24, 2.45) is 10.9 Å². The van der Waals surface area contributed by atoms with Crippen LogP contribution in [0.1, 0.15) is 27.2 Å². The summed E-state index contributed by atoms with van der Waals surface area (Å²) in [7, 11) is 0. The lowest BCUT2D eigenvalue weighted by atomic mass is 10.3. The van der Waals surface area contributed by atoms with Crippen LogP contribution in [0.25, 0.3) is 0 Å². The number of hydrogen-bond donors (Lipinski definition) is 2. The number of rotatable bonds is 9. The summed E-state index contributed by atoms with van der Waals surface area (Å²) in [6, 6.07) is 0. The molecule has 0 aliphatic rings. The maximum absolute atomic E-state index is 8.45. The van der Waals surface area contributed by atoms with Crippen LogP contribution >= 0.6 is 0 Å². The predicted octanol–water partition coefficient (Wildman–Crippen LogP) is 0.787. The van der Waals surface area contributed by atoms with Crippen LogP contribution in [0.2, 0.25) is 0 Å². The van der Waals surface area contributed by atoms with E-state index in [0.717, 1.165) is 39.3 Å². The van der Waals surface area contributed by atoms with E-state index in [2.05, 4.69) is 35.7 Å². The van der Waals surface area contributed by atoms with Crippen LogP contribution in [-0.4, -0.2) is 60.1 Å². The van der Waals surface area contributed by atoms with Crippen LogP contribution in [0.5, 0.6) is 0 Å². The Morgan fingerprint density at radius 2 is 1.50 bits per heavy atom. The summed E-state index contributed by atoms with van der Waals surface area (Å²) in [6.45, 7) is 12.6. The van der Waals surface area contributed by atoms with Crippen molar-refractivity contribution in [3.8, 4) is 0 Å². The largest absolute Gasteiger partial charge is 0.409 e. The zero-order chi connectivity index (χ0) is 12.4. The number of likely N-dealkylation sites (N-methyl/N-ethyl adjacent to an activating group) is 2. The Hall–Kier alpha value is -0.810. The van der Waals surface area contributed by atoms with Crippen LogP contribution in [0.15, 0.2) is 5.16 Å². The van der Waals surface area contributed by atoms with Crippen molar-refractivity contribution in [3.05, 3.63) is 0 Å². The van der Waals surface area contributed by atoms with Gasteiger partial charge >= 0.3 is 0 Å². The average Bonchev–Trinajstić information content (AvgIpc) is 2.33. The molecule has 16 heavy (non-hydrogen) atoms.